The first-order valence-corrected chi connectivity index (χ1v) is 7.26. The molecule has 0 aliphatic heterocycles. The van der Waals surface area contributed by atoms with E-state index in [9.17, 15) is 8.78 Å². The Morgan fingerprint density at radius 2 is 1.79 bits per heavy atom. The first kappa shape index (κ1) is 14.8. The number of hydrogen-bond donors (Lipinski definition) is 2. The summed E-state index contributed by atoms with van der Waals surface area (Å²) in [6, 6.07) is 8.51. The van der Waals surface area contributed by atoms with E-state index in [1.165, 1.54) is 18.2 Å². The number of hydrogen-bond acceptors (Lipinski definition) is 2. The first-order chi connectivity index (χ1) is 9.04. The zero-order valence-electron chi connectivity index (χ0n) is 9.63. The van der Waals surface area contributed by atoms with Crippen LogP contribution in [0.4, 0.5) is 8.78 Å². The van der Waals surface area contributed by atoms with Gasteiger partial charge in [-0.1, -0.05) is 22.0 Å². The molecule has 3 N–H and O–H groups in total. The van der Waals surface area contributed by atoms with Crippen LogP contribution in [-0.2, 0) is 0 Å². The molecule has 0 aromatic heterocycles. The highest BCUT2D eigenvalue weighted by atomic mass is 127. The predicted molar refractivity (Wildman–Crippen MR) is 82.4 cm³/mol. The van der Waals surface area contributed by atoms with E-state index >= 15 is 0 Å². The summed E-state index contributed by atoms with van der Waals surface area (Å²) < 4.78 is 29.4. The lowest BCUT2D eigenvalue weighted by Gasteiger charge is -2.20. The van der Waals surface area contributed by atoms with Gasteiger partial charge < -0.3 is 0 Å². The average molecular weight is 439 g/mol. The Kier molecular flexibility index (Phi) is 4.88. The van der Waals surface area contributed by atoms with E-state index in [2.05, 4.69) is 43.9 Å². The Bertz CT molecular complexity index is 587. The molecule has 2 nitrogen and oxygen atoms in total. The zero-order chi connectivity index (χ0) is 14.0. The van der Waals surface area contributed by atoms with E-state index in [-0.39, 0.29) is 5.56 Å². The van der Waals surface area contributed by atoms with Crippen LogP contribution in [0.3, 0.4) is 0 Å². The van der Waals surface area contributed by atoms with E-state index in [0.29, 0.717) is 5.56 Å². The van der Waals surface area contributed by atoms with E-state index in [0.717, 1.165) is 8.04 Å². The molecule has 1 unspecified atom stereocenters. The molecule has 0 heterocycles. The van der Waals surface area contributed by atoms with Crippen LogP contribution in [0.2, 0.25) is 0 Å². The van der Waals surface area contributed by atoms with Gasteiger partial charge in [0.05, 0.1) is 6.04 Å². The highest BCUT2D eigenvalue weighted by Crippen LogP contribution is 2.31. The molecule has 0 saturated heterocycles. The molecule has 6 heteroatoms. The molecular weight excluding hydrogens is 429 g/mol. The third-order valence-corrected chi connectivity index (χ3v) is 4.20. The van der Waals surface area contributed by atoms with Gasteiger partial charge in [-0.25, -0.2) is 14.2 Å². The van der Waals surface area contributed by atoms with E-state index in [4.69, 9.17) is 5.84 Å². The lowest BCUT2D eigenvalue weighted by Crippen LogP contribution is -2.31. The maximum absolute atomic E-state index is 13.9. The maximum atomic E-state index is 13.9. The van der Waals surface area contributed by atoms with E-state index in [1.807, 2.05) is 12.1 Å². The van der Waals surface area contributed by atoms with Crippen molar-refractivity contribution in [2.75, 3.05) is 0 Å². The molecule has 0 fully saturated rings. The fraction of sp³-hybridized carbons (Fsp3) is 0.0769. The van der Waals surface area contributed by atoms with Crippen LogP contribution in [0.25, 0.3) is 0 Å². The van der Waals surface area contributed by atoms with Crippen molar-refractivity contribution >= 4 is 38.5 Å². The van der Waals surface area contributed by atoms with Crippen LogP contribution < -0.4 is 11.3 Å². The summed E-state index contributed by atoms with van der Waals surface area (Å²) >= 11 is 5.45. The Morgan fingerprint density at radius 1 is 1.16 bits per heavy atom. The molecule has 0 saturated carbocycles. The molecule has 2 rings (SSSR count). The normalized spacial score (nSPS) is 12.5. The topological polar surface area (TPSA) is 38.0 Å². The van der Waals surface area contributed by atoms with Crippen LogP contribution in [0.5, 0.6) is 0 Å². The minimum absolute atomic E-state index is 0.0824. The molecule has 0 radical (unpaired) electrons. The lowest BCUT2D eigenvalue weighted by atomic mass is 9.98. The second-order valence-corrected chi connectivity index (χ2v) is 5.98. The summed E-state index contributed by atoms with van der Waals surface area (Å²) in [6.45, 7) is 0. The minimum Gasteiger partial charge on any atom is -0.271 e. The second kappa shape index (κ2) is 6.25. The molecule has 2 aromatic rings. The molecule has 1 atom stereocenters. The fourth-order valence-electron chi connectivity index (χ4n) is 1.85. The molecule has 0 spiro atoms. The Balaban J connectivity index is 2.59. The predicted octanol–water partition coefficient (Wildman–Crippen LogP) is 3.88. The summed E-state index contributed by atoms with van der Waals surface area (Å²) in [6.07, 6.45) is 0. The van der Waals surface area contributed by atoms with Gasteiger partial charge in [0.1, 0.15) is 11.6 Å². The highest BCUT2D eigenvalue weighted by Gasteiger charge is 2.22. The number of halogens is 4. The van der Waals surface area contributed by atoms with Gasteiger partial charge in [-0.05, 0) is 58.5 Å². The summed E-state index contributed by atoms with van der Waals surface area (Å²) in [7, 11) is 0. The van der Waals surface area contributed by atoms with Gasteiger partial charge in [-0.2, -0.15) is 0 Å². The number of rotatable bonds is 3. The molecule has 100 valence electrons. The molecule has 0 amide bonds. The smallest absolute Gasteiger partial charge is 0.131 e. The molecule has 0 aliphatic rings. The Labute approximate surface area is 131 Å². The van der Waals surface area contributed by atoms with Crippen LogP contribution in [0.15, 0.2) is 40.9 Å². The Hall–Kier alpha value is -0.570. The van der Waals surface area contributed by atoms with Crippen molar-refractivity contribution in [2.45, 2.75) is 6.04 Å². The van der Waals surface area contributed by atoms with Gasteiger partial charge in [0.25, 0.3) is 0 Å². The van der Waals surface area contributed by atoms with Crippen molar-refractivity contribution < 1.29 is 8.78 Å². The van der Waals surface area contributed by atoms with E-state index in [1.54, 1.807) is 6.07 Å². The van der Waals surface area contributed by atoms with Crippen LogP contribution in [0, 0.1) is 15.2 Å². The SMILES string of the molecule is NNC(c1cc(Br)ccc1I)c1c(F)cccc1F. The standard InChI is InChI=1S/C13H10BrF2IN2/c14-7-4-5-11(17)8(6-7)13(19-18)12-9(15)2-1-3-10(12)16/h1-6,13,19H,18H2. The third-order valence-electron chi connectivity index (χ3n) is 2.72. The minimum atomic E-state index is -0.745. The largest absolute Gasteiger partial charge is 0.271 e. The molecule has 2 aromatic carbocycles. The first-order valence-electron chi connectivity index (χ1n) is 5.39. The quantitative estimate of drug-likeness (QED) is 0.433. The fourth-order valence-corrected chi connectivity index (χ4v) is 2.88. The summed E-state index contributed by atoms with van der Waals surface area (Å²) in [4.78, 5) is 0. The number of nitrogens with one attached hydrogen (secondary N) is 1. The van der Waals surface area contributed by atoms with Crippen molar-refractivity contribution in [3.8, 4) is 0 Å². The molecular formula is C13H10BrF2IN2. The van der Waals surface area contributed by atoms with Gasteiger partial charge in [0.2, 0.25) is 0 Å². The summed E-state index contributed by atoms with van der Waals surface area (Å²) in [5, 5.41) is 0. The highest BCUT2D eigenvalue weighted by molar-refractivity contribution is 14.1. The van der Waals surface area contributed by atoms with Crippen molar-refractivity contribution in [3.63, 3.8) is 0 Å². The average Bonchev–Trinajstić information content (AvgIpc) is 2.37. The number of hydrazine groups is 1. The van der Waals surface area contributed by atoms with Crippen LogP contribution >= 0.6 is 38.5 Å². The van der Waals surface area contributed by atoms with Crippen molar-refractivity contribution in [1.29, 1.82) is 0 Å². The summed E-state index contributed by atoms with van der Waals surface area (Å²) in [5.41, 5.74) is 3.11. The number of nitrogens with two attached hydrogens (primary N) is 1. The lowest BCUT2D eigenvalue weighted by molar-refractivity contribution is 0.509. The maximum Gasteiger partial charge on any atom is 0.131 e. The molecule has 19 heavy (non-hydrogen) atoms. The third kappa shape index (κ3) is 3.13. The van der Waals surface area contributed by atoms with Gasteiger partial charge in [0, 0.05) is 13.6 Å². The zero-order valence-corrected chi connectivity index (χ0v) is 13.4. The van der Waals surface area contributed by atoms with E-state index < -0.39 is 17.7 Å². The summed E-state index contributed by atoms with van der Waals surface area (Å²) in [5.74, 6) is 4.24. The number of benzene rings is 2. The molecule has 0 bridgehead atoms. The Morgan fingerprint density at radius 3 is 2.37 bits per heavy atom. The van der Waals surface area contributed by atoms with Crippen molar-refractivity contribution in [2.24, 2.45) is 5.84 Å². The van der Waals surface area contributed by atoms with Crippen molar-refractivity contribution in [3.05, 3.63) is 67.2 Å². The van der Waals surface area contributed by atoms with Gasteiger partial charge in [-0.3, -0.25) is 5.84 Å². The van der Waals surface area contributed by atoms with Gasteiger partial charge >= 0.3 is 0 Å². The van der Waals surface area contributed by atoms with Crippen LogP contribution in [0.1, 0.15) is 17.2 Å². The van der Waals surface area contributed by atoms with Gasteiger partial charge in [0.15, 0.2) is 0 Å². The van der Waals surface area contributed by atoms with Crippen molar-refractivity contribution in [1.82, 2.24) is 5.43 Å². The van der Waals surface area contributed by atoms with Gasteiger partial charge in [-0.15, -0.1) is 0 Å². The van der Waals surface area contributed by atoms with Crippen LogP contribution in [-0.4, -0.2) is 0 Å². The monoisotopic (exact) mass is 438 g/mol. The molecule has 0 aliphatic carbocycles. The second-order valence-electron chi connectivity index (χ2n) is 3.90.